The van der Waals surface area contributed by atoms with Crippen LogP contribution in [0.4, 0.5) is 0 Å². The molecule has 32 heavy (non-hydrogen) atoms. The molecule has 0 nitrogen and oxygen atoms in total. The minimum Gasteiger partial charge on any atom is -1.00 e. The smallest absolute Gasteiger partial charge is 1.00 e. The monoisotopic (exact) mass is 534 g/mol. The van der Waals surface area contributed by atoms with Gasteiger partial charge in [0.2, 0.25) is 0 Å². The largest absolute Gasteiger partial charge is 4.00 e. The number of hydrogen-bond donors (Lipinski definition) is 0. The predicted octanol–water partition coefficient (Wildman–Crippen LogP) is 2.68. The van der Waals surface area contributed by atoms with Crippen LogP contribution >= 0.6 is 0 Å². The zero-order chi connectivity index (χ0) is 19.1. The first-order chi connectivity index (χ1) is 13.7. The van der Waals surface area contributed by atoms with Crippen LogP contribution in [0.5, 0.6) is 0 Å². The van der Waals surface area contributed by atoms with Crippen molar-refractivity contribution < 1.29 is 51.0 Å². The van der Waals surface area contributed by atoms with E-state index in [1.807, 2.05) is 0 Å². The molecular formula is C29H26Cl2Zr. The molecule has 6 rings (SSSR count). The van der Waals surface area contributed by atoms with Gasteiger partial charge in [-0.25, -0.2) is 0 Å². The Hall–Kier alpha value is -1.92. The normalized spacial score (nSPS) is 9.81. The summed E-state index contributed by atoms with van der Waals surface area (Å²) in [5.74, 6) is 0. The Morgan fingerprint density at radius 2 is 0.812 bits per heavy atom. The predicted molar refractivity (Wildman–Crippen MR) is 130 cm³/mol. The van der Waals surface area contributed by atoms with Gasteiger partial charge in [0.25, 0.3) is 0 Å². The third kappa shape index (κ3) is 5.02. The maximum Gasteiger partial charge on any atom is 4.00 e. The SMILES string of the molecule is C.Cc1cccc2c1[cH-]c1ccccc12.Cc1cccc2c1[cH-]c1ccccc12.[Cl-].[Cl-].[Zr+4]. The van der Waals surface area contributed by atoms with E-state index >= 15 is 0 Å². The second-order valence-electron chi connectivity index (χ2n) is 7.54. The molecule has 6 aromatic carbocycles. The van der Waals surface area contributed by atoms with Gasteiger partial charge in [0, 0.05) is 0 Å². The maximum absolute atomic E-state index is 2.28. The molecule has 0 unspecified atom stereocenters. The molecule has 0 amide bonds. The van der Waals surface area contributed by atoms with E-state index in [0.717, 1.165) is 0 Å². The minimum atomic E-state index is 0. The molecule has 160 valence electrons. The van der Waals surface area contributed by atoms with Crippen molar-refractivity contribution in [2.24, 2.45) is 0 Å². The van der Waals surface area contributed by atoms with Crippen LogP contribution in [0.3, 0.4) is 0 Å². The van der Waals surface area contributed by atoms with Gasteiger partial charge in [-0.05, 0) is 0 Å². The second-order valence-corrected chi connectivity index (χ2v) is 7.54. The Morgan fingerprint density at radius 1 is 0.469 bits per heavy atom. The van der Waals surface area contributed by atoms with Crippen molar-refractivity contribution >= 4 is 43.1 Å². The zero-order valence-electron chi connectivity index (χ0n) is 17.5. The van der Waals surface area contributed by atoms with Gasteiger partial charge in [-0.15, -0.1) is 78.5 Å². The van der Waals surface area contributed by atoms with Crippen LogP contribution in [-0.2, 0) is 26.2 Å². The molecule has 0 aromatic heterocycles. The number of rotatable bonds is 0. The standard InChI is InChI=1S/2C14H11.CH4.2ClH.Zr/c2*1-10-5-4-8-13-12-7-3-2-6-11(12)9-14(10)13;;;;/h2*2-9H,1H3;1H4;2*1H;/q2*-1;;;;+4/p-2. The molecule has 0 N–H and O–H groups in total. The number of aryl methyl sites for hydroxylation is 2. The Morgan fingerprint density at radius 3 is 1.22 bits per heavy atom. The van der Waals surface area contributed by atoms with E-state index < -0.39 is 0 Å². The molecular weight excluding hydrogens is 510 g/mol. The van der Waals surface area contributed by atoms with Crippen LogP contribution in [0.2, 0.25) is 0 Å². The molecule has 0 heterocycles. The molecule has 3 heteroatoms. The molecule has 6 aromatic rings. The fraction of sp³-hybridized carbons (Fsp3) is 0.103. The summed E-state index contributed by atoms with van der Waals surface area (Å²) in [6.07, 6.45) is 0. The van der Waals surface area contributed by atoms with Crippen LogP contribution < -0.4 is 24.8 Å². The quantitative estimate of drug-likeness (QED) is 0.262. The molecule has 0 aliphatic carbocycles. The van der Waals surface area contributed by atoms with Crippen LogP contribution in [0.1, 0.15) is 18.6 Å². The van der Waals surface area contributed by atoms with E-state index in [9.17, 15) is 0 Å². The summed E-state index contributed by atoms with van der Waals surface area (Å²) in [5.41, 5.74) is 2.72. The first-order valence-corrected chi connectivity index (χ1v) is 9.80. The van der Waals surface area contributed by atoms with E-state index in [1.54, 1.807) is 0 Å². The number of halogens is 2. The van der Waals surface area contributed by atoms with Crippen molar-refractivity contribution in [1.82, 2.24) is 0 Å². The molecule has 0 aliphatic heterocycles. The van der Waals surface area contributed by atoms with Gasteiger partial charge in [-0.1, -0.05) is 94.1 Å². The molecule has 0 aliphatic rings. The molecule has 0 spiro atoms. The fourth-order valence-electron chi connectivity index (χ4n) is 4.26. The van der Waals surface area contributed by atoms with E-state index in [1.165, 1.54) is 54.2 Å². The van der Waals surface area contributed by atoms with Crippen molar-refractivity contribution in [3.8, 4) is 0 Å². The maximum atomic E-state index is 2.28. The van der Waals surface area contributed by atoms with E-state index in [2.05, 4.69) is 111 Å². The third-order valence-electron chi connectivity index (χ3n) is 5.75. The molecule has 0 radical (unpaired) electrons. The van der Waals surface area contributed by atoms with Crippen molar-refractivity contribution in [2.75, 3.05) is 0 Å². The Labute approximate surface area is 222 Å². The van der Waals surface area contributed by atoms with Gasteiger partial charge >= 0.3 is 26.2 Å². The van der Waals surface area contributed by atoms with E-state index in [4.69, 9.17) is 0 Å². The Kier molecular flexibility index (Phi) is 10.4. The number of benzene rings is 4. The topological polar surface area (TPSA) is 0 Å². The van der Waals surface area contributed by atoms with Crippen molar-refractivity contribution in [2.45, 2.75) is 21.3 Å². The molecule has 0 atom stereocenters. The summed E-state index contributed by atoms with van der Waals surface area (Å²) in [6.45, 7) is 4.34. The molecule has 0 saturated carbocycles. The van der Waals surface area contributed by atoms with Gasteiger partial charge in [-0.3, -0.25) is 0 Å². The summed E-state index contributed by atoms with van der Waals surface area (Å²) in [4.78, 5) is 0. The average molecular weight is 537 g/mol. The first kappa shape index (κ1) is 28.1. The molecule has 0 fully saturated rings. The van der Waals surface area contributed by atoms with Crippen molar-refractivity contribution in [3.63, 3.8) is 0 Å². The average Bonchev–Trinajstić information content (AvgIpc) is 3.29. The van der Waals surface area contributed by atoms with Gasteiger partial charge in [0.15, 0.2) is 0 Å². The van der Waals surface area contributed by atoms with Crippen LogP contribution in [0.15, 0.2) is 97.1 Å². The summed E-state index contributed by atoms with van der Waals surface area (Å²) in [7, 11) is 0. The van der Waals surface area contributed by atoms with E-state index in [0.29, 0.717) is 0 Å². The number of fused-ring (bicyclic) bond motifs is 6. The summed E-state index contributed by atoms with van der Waals surface area (Å²) >= 11 is 0. The van der Waals surface area contributed by atoms with Crippen LogP contribution in [-0.4, -0.2) is 0 Å². The Balaban J connectivity index is 0.000000284. The van der Waals surface area contributed by atoms with Gasteiger partial charge in [0.1, 0.15) is 0 Å². The fourth-order valence-corrected chi connectivity index (χ4v) is 4.26. The minimum absolute atomic E-state index is 0. The van der Waals surface area contributed by atoms with Crippen molar-refractivity contribution in [1.29, 1.82) is 0 Å². The third-order valence-corrected chi connectivity index (χ3v) is 5.75. The van der Waals surface area contributed by atoms with E-state index in [-0.39, 0.29) is 58.4 Å². The number of hydrogen-bond acceptors (Lipinski definition) is 0. The first-order valence-electron chi connectivity index (χ1n) is 9.80. The van der Waals surface area contributed by atoms with Crippen molar-refractivity contribution in [3.05, 3.63) is 108 Å². The Bertz CT molecular complexity index is 1330. The summed E-state index contributed by atoms with van der Waals surface area (Å²) < 4.78 is 0. The molecule has 0 bridgehead atoms. The summed E-state index contributed by atoms with van der Waals surface area (Å²) in [5, 5.41) is 10.9. The van der Waals surface area contributed by atoms with Gasteiger partial charge < -0.3 is 24.8 Å². The zero-order valence-corrected chi connectivity index (χ0v) is 21.5. The van der Waals surface area contributed by atoms with Gasteiger partial charge in [-0.2, -0.15) is 0 Å². The second kappa shape index (κ2) is 11.8. The van der Waals surface area contributed by atoms with Crippen LogP contribution in [0.25, 0.3) is 43.1 Å². The van der Waals surface area contributed by atoms with Gasteiger partial charge in [0.05, 0.1) is 0 Å². The van der Waals surface area contributed by atoms with Crippen LogP contribution in [0, 0.1) is 13.8 Å². The molecule has 0 saturated heterocycles. The summed E-state index contributed by atoms with van der Waals surface area (Å²) in [6, 6.07) is 34.7.